The molecule has 76 valence electrons. The van der Waals surface area contributed by atoms with Crippen LogP contribution in [0.2, 0.25) is 0 Å². The van der Waals surface area contributed by atoms with E-state index in [9.17, 15) is 13.2 Å². The van der Waals surface area contributed by atoms with Crippen LogP contribution in [0.5, 0.6) is 0 Å². The second-order valence-corrected chi connectivity index (χ2v) is 3.46. The third kappa shape index (κ3) is 2.73. The van der Waals surface area contributed by atoms with Crippen LogP contribution in [0, 0.1) is 0 Å². The van der Waals surface area contributed by atoms with E-state index in [-0.39, 0.29) is 0 Å². The Hall–Kier alpha value is -1.04. The van der Waals surface area contributed by atoms with E-state index in [1.807, 2.05) is 0 Å². The van der Waals surface area contributed by atoms with Gasteiger partial charge < -0.3 is 5.84 Å². The van der Waals surface area contributed by atoms with E-state index >= 15 is 0 Å². The van der Waals surface area contributed by atoms with Gasteiger partial charge in [-0.2, -0.15) is 18.3 Å². The van der Waals surface area contributed by atoms with Gasteiger partial charge in [-0.1, -0.05) is 15.9 Å². The normalized spacial score (nSPS) is 12.3. The van der Waals surface area contributed by atoms with Crippen LogP contribution >= 0.6 is 15.9 Å². The molecule has 0 spiro atoms. The SMILES string of the molecule is NN=Cc1cc(Br)cc(C(F)(F)F)c1. The van der Waals surface area contributed by atoms with E-state index < -0.39 is 11.7 Å². The number of alkyl halides is 3. The quantitative estimate of drug-likeness (QED) is 0.474. The summed E-state index contributed by atoms with van der Waals surface area (Å²) in [6.45, 7) is 0. The zero-order valence-corrected chi connectivity index (χ0v) is 8.43. The minimum Gasteiger partial charge on any atom is -0.323 e. The molecule has 0 amide bonds. The molecule has 0 unspecified atom stereocenters. The topological polar surface area (TPSA) is 38.4 Å². The molecule has 0 aliphatic heterocycles. The molecular formula is C8H6BrF3N2. The van der Waals surface area contributed by atoms with Crippen molar-refractivity contribution in [2.75, 3.05) is 0 Å². The van der Waals surface area contributed by atoms with Gasteiger partial charge in [0.05, 0.1) is 11.8 Å². The fourth-order valence-electron chi connectivity index (χ4n) is 0.937. The van der Waals surface area contributed by atoms with Gasteiger partial charge in [0.1, 0.15) is 0 Å². The first-order valence-corrected chi connectivity index (χ1v) is 4.34. The largest absolute Gasteiger partial charge is 0.416 e. The number of benzene rings is 1. The average Bonchev–Trinajstić information content (AvgIpc) is 2.02. The van der Waals surface area contributed by atoms with E-state index in [1.165, 1.54) is 6.07 Å². The van der Waals surface area contributed by atoms with Crippen molar-refractivity contribution in [3.63, 3.8) is 0 Å². The van der Waals surface area contributed by atoms with Crippen molar-refractivity contribution in [1.82, 2.24) is 0 Å². The van der Waals surface area contributed by atoms with Crippen LogP contribution in [0.4, 0.5) is 13.2 Å². The Balaban J connectivity index is 3.20. The minimum atomic E-state index is -4.36. The summed E-state index contributed by atoms with van der Waals surface area (Å²) in [6, 6.07) is 3.46. The van der Waals surface area contributed by atoms with Gasteiger partial charge in [0, 0.05) is 4.47 Å². The molecule has 1 aromatic carbocycles. The zero-order chi connectivity index (χ0) is 10.8. The Morgan fingerprint density at radius 3 is 2.43 bits per heavy atom. The van der Waals surface area contributed by atoms with Crippen molar-refractivity contribution in [3.8, 4) is 0 Å². The van der Waals surface area contributed by atoms with Gasteiger partial charge in [-0.3, -0.25) is 0 Å². The minimum absolute atomic E-state index is 0.300. The van der Waals surface area contributed by atoms with Crippen molar-refractivity contribution in [2.45, 2.75) is 6.18 Å². The number of halogens is 4. The van der Waals surface area contributed by atoms with E-state index in [1.54, 1.807) is 0 Å². The third-order valence-corrected chi connectivity index (χ3v) is 1.93. The summed E-state index contributed by atoms with van der Waals surface area (Å²) < 4.78 is 37.2. The lowest BCUT2D eigenvalue weighted by Crippen LogP contribution is -2.05. The molecule has 0 aliphatic carbocycles. The second kappa shape index (κ2) is 4.00. The van der Waals surface area contributed by atoms with Crippen LogP contribution in [-0.4, -0.2) is 6.21 Å². The smallest absolute Gasteiger partial charge is 0.323 e. The van der Waals surface area contributed by atoms with Gasteiger partial charge in [-0.25, -0.2) is 0 Å². The van der Waals surface area contributed by atoms with Gasteiger partial charge in [-0.15, -0.1) is 0 Å². The highest BCUT2D eigenvalue weighted by atomic mass is 79.9. The summed E-state index contributed by atoms with van der Waals surface area (Å²) in [7, 11) is 0. The van der Waals surface area contributed by atoms with Gasteiger partial charge >= 0.3 is 6.18 Å². The van der Waals surface area contributed by atoms with Crippen molar-refractivity contribution in [1.29, 1.82) is 0 Å². The molecule has 0 saturated carbocycles. The first-order valence-electron chi connectivity index (χ1n) is 3.54. The Morgan fingerprint density at radius 2 is 1.93 bits per heavy atom. The van der Waals surface area contributed by atoms with Crippen LogP contribution in [0.1, 0.15) is 11.1 Å². The van der Waals surface area contributed by atoms with Crippen LogP contribution in [0.3, 0.4) is 0 Å². The van der Waals surface area contributed by atoms with Gasteiger partial charge in [0.25, 0.3) is 0 Å². The molecule has 0 radical (unpaired) electrons. The third-order valence-electron chi connectivity index (χ3n) is 1.47. The summed E-state index contributed by atoms with van der Waals surface area (Å²) in [5.74, 6) is 4.84. The fourth-order valence-corrected chi connectivity index (χ4v) is 1.45. The van der Waals surface area contributed by atoms with E-state index in [2.05, 4.69) is 21.0 Å². The van der Waals surface area contributed by atoms with Crippen LogP contribution in [0.15, 0.2) is 27.8 Å². The van der Waals surface area contributed by atoms with E-state index in [4.69, 9.17) is 5.84 Å². The number of hydrogen-bond acceptors (Lipinski definition) is 2. The number of nitrogens with two attached hydrogens (primary N) is 1. The summed E-state index contributed by atoms with van der Waals surface area (Å²) in [5, 5.41) is 3.16. The zero-order valence-electron chi connectivity index (χ0n) is 6.85. The highest BCUT2D eigenvalue weighted by molar-refractivity contribution is 9.10. The van der Waals surface area contributed by atoms with Crippen molar-refractivity contribution >= 4 is 22.1 Å². The summed E-state index contributed by atoms with van der Waals surface area (Å²) in [5.41, 5.74) is -0.434. The molecule has 2 nitrogen and oxygen atoms in total. The molecule has 2 N–H and O–H groups in total. The lowest BCUT2D eigenvalue weighted by Gasteiger charge is -2.07. The number of rotatable bonds is 1. The molecule has 0 heterocycles. The van der Waals surface area contributed by atoms with Gasteiger partial charge in [0.2, 0.25) is 0 Å². The highest BCUT2D eigenvalue weighted by Crippen LogP contribution is 2.31. The molecule has 0 fully saturated rings. The van der Waals surface area contributed by atoms with Gasteiger partial charge in [-0.05, 0) is 23.8 Å². The van der Waals surface area contributed by atoms with Crippen LogP contribution < -0.4 is 5.84 Å². The molecule has 0 atom stereocenters. The van der Waals surface area contributed by atoms with Crippen molar-refractivity contribution in [3.05, 3.63) is 33.8 Å². The second-order valence-electron chi connectivity index (χ2n) is 2.55. The molecule has 0 bridgehead atoms. The molecule has 6 heteroatoms. The molecule has 0 aromatic heterocycles. The monoisotopic (exact) mass is 266 g/mol. The number of hydrazone groups is 1. The van der Waals surface area contributed by atoms with Crippen LogP contribution in [0.25, 0.3) is 0 Å². The molecule has 1 aromatic rings. The Kier molecular flexibility index (Phi) is 3.15. The first-order chi connectivity index (χ1) is 6.43. The highest BCUT2D eigenvalue weighted by Gasteiger charge is 2.30. The summed E-state index contributed by atoms with van der Waals surface area (Å²) in [4.78, 5) is 0. The molecule has 1 rings (SSSR count). The summed E-state index contributed by atoms with van der Waals surface area (Å²) in [6.07, 6.45) is -3.21. The molecular weight excluding hydrogens is 261 g/mol. The average molecular weight is 267 g/mol. The standard InChI is InChI=1S/C8H6BrF3N2/c9-7-2-5(4-14-13)1-6(3-7)8(10,11)12/h1-4H,13H2. The molecule has 0 aliphatic rings. The Labute approximate surface area is 86.7 Å². The maximum absolute atomic E-state index is 12.3. The first kappa shape index (κ1) is 11.0. The predicted molar refractivity (Wildman–Crippen MR) is 50.9 cm³/mol. The lowest BCUT2D eigenvalue weighted by molar-refractivity contribution is -0.137. The lowest BCUT2D eigenvalue weighted by atomic mass is 10.1. The Bertz CT molecular complexity index is 360. The molecule has 14 heavy (non-hydrogen) atoms. The van der Waals surface area contributed by atoms with Crippen LogP contribution in [-0.2, 0) is 6.18 Å². The number of hydrogen-bond donors (Lipinski definition) is 1. The predicted octanol–water partition coefficient (Wildman–Crippen LogP) is 2.76. The fraction of sp³-hybridized carbons (Fsp3) is 0.125. The Morgan fingerprint density at radius 1 is 1.29 bits per heavy atom. The molecule has 0 saturated heterocycles. The van der Waals surface area contributed by atoms with E-state index in [0.29, 0.717) is 10.0 Å². The maximum atomic E-state index is 12.3. The maximum Gasteiger partial charge on any atom is 0.416 e. The summed E-state index contributed by atoms with van der Waals surface area (Å²) >= 11 is 2.97. The van der Waals surface area contributed by atoms with E-state index in [0.717, 1.165) is 18.3 Å². The van der Waals surface area contributed by atoms with Crippen molar-refractivity contribution in [2.24, 2.45) is 10.9 Å². The number of nitrogens with zero attached hydrogens (tertiary/aromatic N) is 1. The van der Waals surface area contributed by atoms with Crippen molar-refractivity contribution < 1.29 is 13.2 Å². The van der Waals surface area contributed by atoms with Gasteiger partial charge in [0.15, 0.2) is 0 Å².